The number of carbonyl (C=O) groups excluding carboxylic acids is 1. The van der Waals surface area contributed by atoms with Gasteiger partial charge in [0, 0.05) is 49.2 Å². The first-order valence-electron chi connectivity index (χ1n) is 17.7. The van der Waals surface area contributed by atoms with E-state index < -0.39 is 0 Å². The van der Waals surface area contributed by atoms with Crippen LogP contribution in [0.15, 0.2) is 131 Å². The molecule has 4 aromatic carbocycles. The Morgan fingerprint density at radius 3 is 1.85 bits per heavy atom. The molecule has 0 unspecified atom stereocenters. The fraction of sp³-hybridized carbons (Fsp3) is 0.205. The van der Waals surface area contributed by atoms with Crippen LogP contribution in [0.1, 0.15) is 60.6 Å². The predicted molar refractivity (Wildman–Crippen MR) is 212 cm³/mol. The third-order valence-corrected chi connectivity index (χ3v) is 9.06. The van der Waals surface area contributed by atoms with Crippen LogP contribution in [-0.4, -0.2) is 30.0 Å². The highest BCUT2D eigenvalue weighted by atomic mass is 16.3. The number of nitrogens with two attached hydrogens (primary N) is 1. The molecule has 52 heavy (non-hydrogen) atoms. The van der Waals surface area contributed by atoms with Gasteiger partial charge in [0.25, 0.3) is 0 Å². The van der Waals surface area contributed by atoms with E-state index in [1.54, 1.807) is 31.0 Å². The Hall–Kier alpha value is -6.15. The van der Waals surface area contributed by atoms with Gasteiger partial charge >= 0.3 is 0 Å². The van der Waals surface area contributed by atoms with Crippen LogP contribution in [-0.2, 0) is 11.3 Å². The molecule has 0 aliphatic heterocycles. The van der Waals surface area contributed by atoms with Gasteiger partial charge in [0.05, 0.1) is 18.9 Å². The number of benzene rings is 4. The van der Waals surface area contributed by atoms with E-state index in [0.29, 0.717) is 18.3 Å². The first-order chi connectivity index (χ1) is 25.4. The Labute approximate surface area is 305 Å². The zero-order valence-electron chi connectivity index (χ0n) is 29.8. The lowest BCUT2D eigenvalue weighted by Gasteiger charge is -2.30. The molecule has 0 spiro atoms. The zero-order valence-corrected chi connectivity index (χ0v) is 29.8. The molecule has 1 fully saturated rings. The maximum absolute atomic E-state index is 13.8. The summed E-state index contributed by atoms with van der Waals surface area (Å²) in [7, 11) is 4.10. The summed E-state index contributed by atoms with van der Waals surface area (Å²) in [5, 5.41) is 0. The van der Waals surface area contributed by atoms with E-state index in [9.17, 15) is 4.79 Å². The molecule has 2 heterocycles. The maximum atomic E-state index is 13.8. The molecule has 8 nitrogen and oxygen atoms in total. The van der Waals surface area contributed by atoms with Crippen LogP contribution in [0.2, 0.25) is 0 Å². The number of carbonyl (C=O) groups is 1. The molecule has 1 saturated carbocycles. The number of aromatic nitrogens is 2. The van der Waals surface area contributed by atoms with Gasteiger partial charge in [0.15, 0.2) is 0 Å². The SMILES string of the molecule is CN(C)c1ccc(-c2ccc(CN(C(=O)C3CCCCC3)c3cccc(/C=C/c4ncco4)c3)cc2)cc1.Nc1cccc(/C=C/c2ncco2)c1. The molecule has 0 bridgehead atoms. The molecule has 1 aliphatic rings. The summed E-state index contributed by atoms with van der Waals surface area (Å²) in [6.07, 6.45) is 19.3. The van der Waals surface area contributed by atoms with Crippen LogP contribution in [0.5, 0.6) is 0 Å². The minimum Gasteiger partial charge on any atom is -0.445 e. The number of nitrogen functional groups attached to an aromatic ring is 1. The first kappa shape index (κ1) is 35.7. The van der Waals surface area contributed by atoms with Gasteiger partial charge in [-0.05, 0) is 89.2 Å². The van der Waals surface area contributed by atoms with E-state index in [4.69, 9.17) is 14.6 Å². The van der Waals surface area contributed by atoms with Crippen molar-refractivity contribution in [1.82, 2.24) is 9.97 Å². The lowest BCUT2D eigenvalue weighted by atomic mass is 9.88. The zero-order chi connectivity index (χ0) is 36.1. The van der Waals surface area contributed by atoms with Crippen molar-refractivity contribution in [2.45, 2.75) is 38.6 Å². The molecule has 0 radical (unpaired) electrons. The van der Waals surface area contributed by atoms with Crippen molar-refractivity contribution in [2.75, 3.05) is 29.6 Å². The molecule has 0 saturated heterocycles. The molecular formula is C44H45N5O3. The van der Waals surface area contributed by atoms with Crippen LogP contribution < -0.4 is 15.5 Å². The second-order valence-electron chi connectivity index (χ2n) is 13.1. The minimum absolute atomic E-state index is 0.0877. The summed E-state index contributed by atoms with van der Waals surface area (Å²) in [6, 6.07) is 32.9. The van der Waals surface area contributed by atoms with E-state index >= 15 is 0 Å². The highest BCUT2D eigenvalue weighted by Gasteiger charge is 2.27. The van der Waals surface area contributed by atoms with Crippen molar-refractivity contribution in [3.63, 3.8) is 0 Å². The molecule has 1 aliphatic carbocycles. The van der Waals surface area contributed by atoms with E-state index in [1.807, 2.05) is 79.7 Å². The lowest BCUT2D eigenvalue weighted by Crippen LogP contribution is -2.36. The number of hydrogen-bond donors (Lipinski definition) is 1. The fourth-order valence-electron chi connectivity index (χ4n) is 6.23. The average molecular weight is 692 g/mol. The molecule has 264 valence electrons. The molecule has 1 amide bonds. The van der Waals surface area contributed by atoms with Crippen LogP contribution in [0.3, 0.4) is 0 Å². The van der Waals surface area contributed by atoms with Crippen LogP contribution in [0.4, 0.5) is 17.1 Å². The number of anilines is 3. The summed E-state index contributed by atoms with van der Waals surface area (Å²) in [5.74, 6) is 1.46. The van der Waals surface area contributed by atoms with Crippen molar-refractivity contribution in [3.8, 4) is 11.1 Å². The number of amides is 1. The second kappa shape index (κ2) is 17.7. The van der Waals surface area contributed by atoms with Crippen molar-refractivity contribution in [2.24, 2.45) is 5.92 Å². The number of oxazole rings is 2. The molecule has 8 heteroatoms. The molecule has 2 aromatic heterocycles. The molecule has 0 atom stereocenters. The number of nitrogens with zero attached hydrogens (tertiary/aromatic N) is 4. The maximum Gasteiger partial charge on any atom is 0.230 e. The summed E-state index contributed by atoms with van der Waals surface area (Å²) < 4.78 is 10.4. The van der Waals surface area contributed by atoms with Crippen molar-refractivity contribution in [3.05, 3.63) is 150 Å². The second-order valence-corrected chi connectivity index (χ2v) is 13.1. The third kappa shape index (κ3) is 9.97. The van der Waals surface area contributed by atoms with Crippen molar-refractivity contribution in [1.29, 1.82) is 0 Å². The van der Waals surface area contributed by atoms with Crippen LogP contribution >= 0.6 is 0 Å². The molecule has 6 aromatic rings. The third-order valence-electron chi connectivity index (χ3n) is 9.06. The quantitative estimate of drug-likeness (QED) is 0.143. The fourth-order valence-corrected chi connectivity index (χ4v) is 6.23. The van der Waals surface area contributed by atoms with Gasteiger partial charge in [-0.3, -0.25) is 4.79 Å². The molecule has 2 N–H and O–H groups in total. The standard InChI is InChI=1S/C33H35N3O2.C11H10N2O/c1-35(2)30-18-16-28(17-19-30)27-14-11-26(12-15-27)24-36(33(37)29-8-4-3-5-9-29)31-10-6-7-25(23-31)13-20-32-34-21-22-38-32;12-10-3-1-2-9(8-10)4-5-11-13-6-7-14-11/h6-7,10-23,29H,3-5,8-9,24H2,1-2H3;1-8H,12H2/b20-13+;5-4+. The van der Waals surface area contributed by atoms with Crippen LogP contribution in [0.25, 0.3) is 35.4 Å². The first-order valence-corrected chi connectivity index (χ1v) is 17.7. The van der Waals surface area contributed by atoms with E-state index in [2.05, 4.69) is 69.5 Å². The Kier molecular flexibility index (Phi) is 12.1. The largest absolute Gasteiger partial charge is 0.445 e. The Balaban J connectivity index is 0.000000276. The van der Waals surface area contributed by atoms with Crippen molar-refractivity contribution < 1.29 is 13.6 Å². The lowest BCUT2D eigenvalue weighted by molar-refractivity contribution is -0.123. The highest BCUT2D eigenvalue weighted by molar-refractivity contribution is 5.95. The number of rotatable bonds is 10. The Morgan fingerprint density at radius 2 is 1.29 bits per heavy atom. The Morgan fingerprint density at radius 1 is 0.712 bits per heavy atom. The van der Waals surface area contributed by atoms with Crippen molar-refractivity contribution >= 4 is 47.3 Å². The average Bonchev–Trinajstić information content (AvgIpc) is 3.92. The Bertz CT molecular complexity index is 2040. The van der Waals surface area contributed by atoms with Gasteiger partial charge < -0.3 is 24.4 Å². The molecular weight excluding hydrogens is 647 g/mol. The van der Waals surface area contributed by atoms with Gasteiger partial charge in [0.2, 0.25) is 17.7 Å². The summed E-state index contributed by atoms with van der Waals surface area (Å²) >= 11 is 0. The van der Waals surface area contributed by atoms with E-state index in [1.165, 1.54) is 23.2 Å². The van der Waals surface area contributed by atoms with Gasteiger partial charge in [-0.2, -0.15) is 0 Å². The summed E-state index contributed by atoms with van der Waals surface area (Å²) in [5.41, 5.74) is 14.0. The van der Waals surface area contributed by atoms with Gasteiger partial charge in [-0.15, -0.1) is 0 Å². The molecule has 7 rings (SSSR count). The van der Waals surface area contributed by atoms with Crippen LogP contribution in [0, 0.1) is 5.92 Å². The highest BCUT2D eigenvalue weighted by Crippen LogP contribution is 2.30. The topological polar surface area (TPSA) is 102 Å². The summed E-state index contributed by atoms with van der Waals surface area (Å²) in [4.78, 5) is 26.0. The number of hydrogen-bond acceptors (Lipinski definition) is 7. The normalized spacial score (nSPS) is 13.2. The van der Waals surface area contributed by atoms with Gasteiger partial charge in [-0.25, -0.2) is 9.97 Å². The van der Waals surface area contributed by atoms with Gasteiger partial charge in [0.1, 0.15) is 12.5 Å². The minimum atomic E-state index is 0.0877. The van der Waals surface area contributed by atoms with E-state index in [-0.39, 0.29) is 11.8 Å². The smallest absolute Gasteiger partial charge is 0.230 e. The van der Waals surface area contributed by atoms with Gasteiger partial charge in [-0.1, -0.05) is 79.9 Å². The summed E-state index contributed by atoms with van der Waals surface area (Å²) in [6.45, 7) is 0.544. The predicted octanol–water partition coefficient (Wildman–Crippen LogP) is 10.1. The monoisotopic (exact) mass is 691 g/mol. The van der Waals surface area contributed by atoms with E-state index in [0.717, 1.165) is 53.7 Å².